The summed E-state index contributed by atoms with van der Waals surface area (Å²) in [5.74, 6) is 0.782. The molecule has 2 aliphatic rings. The summed E-state index contributed by atoms with van der Waals surface area (Å²) in [5.41, 5.74) is 0. The maximum atomic E-state index is 11.9. The van der Waals surface area contributed by atoms with Crippen LogP contribution in [0.1, 0.15) is 26.2 Å². The van der Waals surface area contributed by atoms with E-state index in [4.69, 9.17) is 0 Å². The van der Waals surface area contributed by atoms with E-state index < -0.39 is 0 Å². The molecular formula is C11H21N3O. The van der Waals surface area contributed by atoms with Crippen LogP contribution in [-0.4, -0.2) is 37.6 Å². The van der Waals surface area contributed by atoms with Crippen LogP contribution >= 0.6 is 0 Å². The highest BCUT2D eigenvalue weighted by Crippen LogP contribution is 2.12. The van der Waals surface area contributed by atoms with Crippen LogP contribution in [-0.2, 0) is 4.79 Å². The molecule has 0 aliphatic carbocycles. The SMILES string of the molecule is CC1CCNCC1NC(=O)C1CCCN1. The smallest absolute Gasteiger partial charge is 0.237 e. The van der Waals surface area contributed by atoms with Gasteiger partial charge >= 0.3 is 0 Å². The van der Waals surface area contributed by atoms with Gasteiger partial charge in [-0.3, -0.25) is 4.79 Å². The second-order valence-corrected chi connectivity index (χ2v) is 4.73. The molecule has 0 aromatic rings. The molecule has 0 saturated carbocycles. The van der Waals surface area contributed by atoms with Gasteiger partial charge in [0, 0.05) is 12.6 Å². The molecule has 4 nitrogen and oxygen atoms in total. The zero-order valence-corrected chi connectivity index (χ0v) is 9.38. The summed E-state index contributed by atoms with van der Waals surface area (Å²) in [6.45, 7) is 5.19. The van der Waals surface area contributed by atoms with E-state index in [1.165, 1.54) is 0 Å². The second-order valence-electron chi connectivity index (χ2n) is 4.73. The largest absolute Gasteiger partial charge is 0.350 e. The fourth-order valence-electron chi connectivity index (χ4n) is 2.37. The third kappa shape index (κ3) is 2.69. The summed E-state index contributed by atoms with van der Waals surface area (Å²) in [5, 5.41) is 9.70. The third-order valence-electron chi connectivity index (χ3n) is 3.53. The Morgan fingerprint density at radius 1 is 1.33 bits per heavy atom. The summed E-state index contributed by atoms with van der Waals surface area (Å²) in [6, 6.07) is 0.368. The Kier molecular flexibility index (Phi) is 3.59. The second kappa shape index (κ2) is 4.94. The monoisotopic (exact) mass is 211 g/mol. The molecule has 0 aromatic heterocycles. The van der Waals surface area contributed by atoms with Crippen molar-refractivity contribution in [1.29, 1.82) is 0 Å². The zero-order valence-electron chi connectivity index (χ0n) is 9.38. The maximum absolute atomic E-state index is 11.9. The van der Waals surface area contributed by atoms with Crippen molar-refractivity contribution in [3.8, 4) is 0 Å². The Hall–Kier alpha value is -0.610. The Bertz CT molecular complexity index is 226. The van der Waals surface area contributed by atoms with Gasteiger partial charge < -0.3 is 16.0 Å². The van der Waals surface area contributed by atoms with Gasteiger partial charge in [-0.2, -0.15) is 0 Å². The van der Waals surface area contributed by atoms with E-state index in [9.17, 15) is 4.79 Å². The Balaban J connectivity index is 1.81. The molecule has 3 atom stereocenters. The first-order valence-corrected chi connectivity index (χ1v) is 6.02. The van der Waals surface area contributed by atoms with Crippen LogP contribution in [0.3, 0.4) is 0 Å². The highest BCUT2D eigenvalue weighted by atomic mass is 16.2. The number of hydrogen-bond acceptors (Lipinski definition) is 3. The van der Waals surface area contributed by atoms with Gasteiger partial charge in [0.2, 0.25) is 5.91 Å². The lowest BCUT2D eigenvalue weighted by Crippen LogP contribution is -2.53. The Morgan fingerprint density at radius 2 is 2.20 bits per heavy atom. The first-order chi connectivity index (χ1) is 7.27. The van der Waals surface area contributed by atoms with Crippen LogP contribution in [0.4, 0.5) is 0 Å². The predicted molar refractivity (Wildman–Crippen MR) is 59.6 cm³/mol. The maximum Gasteiger partial charge on any atom is 0.237 e. The summed E-state index contributed by atoms with van der Waals surface area (Å²) in [4.78, 5) is 11.9. The van der Waals surface area contributed by atoms with E-state index in [1.54, 1.807) is 0 Å². The number of amides is 1. The number of carbonyl (C=O) groups excluding carboxylic acids is 1. The molecule has 86 valence electrons. The average molecular weight is 211 g/mol. The van der Waals surface area contributed by atoms with Gasteiger partial charge in [0.25, 0.3) is 0 Å². The van der Waals surface area contributed by atoms with Crippen LogP contribution in [0, 0.1) is 5.92 Å². The van der Waals surface area contributed by atoms with Gasteiger partial charge in [-0.15, -0.1) is 0 Å². The molecule has 2 saturated heterocycles. The van der Waals surface area contributed by atoms with Gasteiger partial charge in [0.15, 0.2) is 0 Å². The van der Waals surface area contributed by atoms with Gasteiger partial charge in [-0.1, -0.05) is 6.92 Å². The van der Waals surface area contributed by atoms with Gasteiger partial charge in [0.1, 0.15) is 0 Å². The summed E-state index contributed by atoms with van der Waals surface area (Å²) >= 11 is 0. The molecule has 3 unspecified atom stereocenters. The molecule has 4 heteroatoms. The van der Waals surface area contributed by atoms with Crippen LogP contribution < -0.4 is 16.0 Å². The molecule has 0 aromatic carbocycles. The molecule has 3 N–H and O–H groups in total. The first kappa shape index (κ1) is 10.9. The summed E-state index contributed by atoms with van der Waals surface area (Å²) < 4.78 is 0. The molecule has 15 heavy (non-hydrogen) atoms. The van der Waals surface area contributed by atoms with Crippen LogP contribution in [0.2, 0.25) is 0 Å². The lowest BCUT2D eigenvalue weighted by Gasteiger charge is -2.31. The summed E-state index contributed by atoms with van der Waals surface area (Å²) in [7, 11) is 0. The minimum atomic E-state index is 0.0547. The molecule has 2 heterocycles. The van der Waals surface area contributed by atoms with Crippen molar-refractivity contribution in [3.05, 3.63) is 0 Å². The van der Waals surface area contributed by atoms with E-state index in [-0.39, 0.29) is 11.9 Å². The molecule has 2 rings (SSSR count). The normalized spacial score (nSPS) is 36.5. The topological polar surface area (TPSA) is 53.2 Å². The lowest BCUT2D eigenvalue weighted by molar-refractivity contribution is -0.123. The van der Waals surface area contributed by atoms with Crippen LogP contribution in [0.15, 0.2) is 0 Å². The molecule has 0 radical (unpaired) electrons. The van der Waals surface area contributed by atoms with Gasteiger partial charge in [-0.25, -0.2) is 0 Å². The fourth-order valence-corrected chi connectivity index (χ4v) is 2.37. The third-order valence-corrected chi connectivity index (χ3v) is 3.53. The zero-order chi connectivity index (χ0) is 10.7. The van der Waals surface area contributed by atoms with Gasteiger partial charge in [0.05, 0.1) is 6.04 Å². The van der Waals surface area contributed by atoms with Crippen molar-refractivity contribution in [1.82, 2.24) is 16.0 Å². The number of rotatable bonds is 2. The standard InChI is InChI=1S/C11H21N3O/c1-8-4-6-12-7-10(8)14-11(15)9-3-2-5-13-9/h8-10,12-13H,2-7H2,1H3,(H,14,15). The molecule has 2 aliphatic heterocycles. The van der Waals surface area contributed by atoms with E-state index in [0.717, 1.165) is 38.9 Å². The number of hydrogen-bond donors (Lipinski definition) is 3. The number of carbonyl (C=O) groups is 1. The number of piperidine rings is 1. The minimum Gasteiger partial charge on any atom is -0.350 e. The first-order valence-electron chi connectivity index (χ1n) is 6.02. The van der Waals surface area contributed by atoms with Gasteiger partial charge in [-0.05, 0) is 38.3 Å². The van der Waals surface area contributed by atoms with Crippen molar-refractivity contribution in [3.63, 3.8) is 0 Å². The molecule has 0 bridgehead atoms. The predicted octanol–water partition coefficient (Wildman–Crippen LogP) is -0.147. The van der Waals surface area contributed by atoms with Crippen LogP contribution in [0.5, 0.6) is 0 Å². The lowest BCUT2D eigenvalue weighted by atomic mass is 9.94. The minimum absolute atomic E-state index is 0.0547. The molecular weight excluding hydrogens is 190 g/mol. The highest BCUT2D eigenvalue weighted by molar-refractivity contribution is 5.82. The number of nitrogens with one attached hydrogen (secondary N) is 3. The van der Waals surface area contributed by atoms with Crippen molar-refractivity contribution in [2.24, 2.45) is 5.92 Å². The van der Waals surface area contributed by atoms with Crippen molar-refractivity contribution in [2.75, 3.05) is 19.6 Å². The molecule has 0 spiro atoms. The van der Waals surface area contributed by atoms with Crippen molar-refractivity contribution in [2.45, 2.75) is 38.3 Å². The quantitative estimate of drug-likeness (QED) is 0.595. The Labute approximate surface area is 91.2 Å². The van der Waals surface area contributed by atoms with Crippen molar-refractivity contribution < 1.29 is 4.79 Å². The molecule has 1 amide bonds. The summed E-state index contributed by atoms with van der Waals surface area (Å²) in [6.07, 6.45) is 3.26. The Morgan fingerprint density at radius 3 is 2.87 bits per heavy atom. The van der Waals surface area contributed by atoms with Crippen molar-refractivity contribution >= 4 is 5.91 Å². The van der Waals surface area contributed by atoms with E-state index in [0.29, 0.717) is 12.0 Å². The molecule has 2 fully saturated rings. The van der Waals surface area contributed by atoms with E-state index in [1.807, 2.05) is 0 Å². The fraction of sp³-hybridized carbons (Fsp3) is 0.909. The van der Waals surface area contributed by atoms with E-state index in [2.05, 4.69) is 22.9 Å². The average Bonchev–Trinajstić information content (AvgIpc) is 2.74. The highest BCUT2D eigenvalue weighted by Gasteiger charge is 2.27. The van der Waals surface area contributed by atoms with E-state index >= 15 is 0 Å². The van der Waals surface area contributed by atoms with Crippen LogP contribution in [0.25, 0.3) is 0 Å².